The number of esters is 1. The number of hydrogen-bond acceptors (Lipinski definition) is 7. The molecule has 0 fully saturated rings. The summed E-state index contributed by atoms with van der Waals surface area (Å²) < 4.78 is 8.31. The lowest BCUT2D eigenvalue weighted by molar-refractivity contribution is -0.149. The van der Waals surface area contributed by atoms with E-state index in [4.69, 9.17) is 21.3 Å². The van der Waals surface area contributed by atoms with E-state index in [0.29, 0.717) is 5.02 Å². The fourth-order valence-electron chi connectivity index (χ4n) is 4.50. The molecule has 0 amide bonds. The highest BCUT2D eigenvalue weighted by Gasteiger charge is 2.22. The summed E-state index contributed by atoms with van der Waals surface area (Å²) in [6.45, 7) is 11.4. The summed E-state index contributed by atoms with van der Waals surface area (Å²) in [7, 11) is 0. The predicted molar refractivity (Wildman–Crippen MR) is 165 cm³/mol. The zero-order chi connectivity index (χ0) is 29.5. The largest absolute Gasteiger partial charge is 0.462 e. The highest BCUT2D eigenvalue weighted by atomic mass is 35.5. The van der Waals surface area contributed by atoms with Crippen molar-refractivity contribution >= 4 is 39.1 Å². The van der Waals surface area contributed by atoms with Gasteiger partial charge in [0, 0.05) is 34.1 Å². The van der Waals surface area contributed by atoms with Crippen LogP contribution in [0.4, 0.5) is 0 Å². The van der Waals surface area contributed by atoms with E-state index in [1.165, 1.54) is 0 Å². The van der Waals surface area contributed by atoms with Crippen LogP contribution in [-0.4, -0.2) is 43.0 Å². The quantitative estimate of drug-likeness (QED) is 0.198. The third-order valence-electron chi connectivity index (χ3n) is 6.62. The molecule has 9 heteroatoms. The van der Waals surface area contributed by atoms with Gasteiger partial charge in [-0.3, -0.25) is 14.5 Å². The molecular weight excluding hydrogens is 556 g/mol. The molecule has 0 atom stereocenters. The first-order valence-electron chi connectivity index (χ1n) is 13.4. The molecule has 0 unspecified atom stereocenters. The molecule has 41 heavy (non-hydrogen) atoms. The molecule has 0 aliphatic heterocycles. The predicted octanol–water partition coefficient (Wildman–Crippen LogP) is 7.46. The van der Waals surface area contributed by atoms with Crippen LogP contribution >= 0.6 is 22.9 Å². The van der Waals surface area contributed by atoms with E-state index >= 15 is 0 Å². The van der Waals surface area contributed by atoms with Crippen molar-refractivity contribution in [3.05, 3.63) is 77.2 Å². The molecule has 0 bridgehead atoms. The number of carbonyl (C=O) groups is 1. The average molecular weight is 589 g/mol. The van der Waals surface area contributed by atoms with E-state index < -0.39 is 11.6 Å². The molecule has 5 aromatic rings. The van der Waals surface area contributed by atoms with Gasteiger partial charge < -0.3 is 9.84 Å². The van der Waals surface area contributed by atoms with Crippen LogP contribution < -0.4 is 0 Å². The molecule has 2 aromatic carbocycles. The van der Waals surface area contributed by atoms with Gasteiger partial charge >= 0.3 is 5.97 Å². The minimum Gasteiger partial charge on any atom is -0.462 e. The summed E-state index contributed by atoms with van der Waals surface area (Å²) in [4.78, 5) is 22.5. The standard InChI is InChI=1S/C32H33ClN4O3S/c1-19-13-26-29(28(20-7-9-23(33)10-8-20)24(19)15-27(38)40-18-32(5,6)39)41-30(36-26)21-11-12-34-25(14-21)22-16-35-37(17-22)31(2,3)4/h7-14,16-17,39H,15,18H2,1-6H3. The monoisotopic (exact) mass is 588 g/mol. The number of hydrogen-bond donors (Lipinski definition) is 1. The molecule has 5 rings (SSSR count). The summed E-state index contributed by atoms with van der Waals surface area (Å²) in [5.41, 5.74) is 5.99. The Kier molecular flexibility index (Phi) is 7.76. The van der Waals surface area contributed by atoms with Gasteiger partial charge in [-0.25, -0.2) is 4.98 Å². The first-order valence-corrected chi connectivity index (χ1v) is 14.6. The number of rotatable bonds is 7. The Morgan fingerprint density at radius 3 is 2.44 bits per heavy atom. The number of halogens is 1. The summed E-state index contributed by atoms with van der Waals surface area (Å²) in [6.07, 6.45) is 5.71. The second-order valence-corrected chi connectivity index (χ2v) is 13.3. The van der Waals surface area contributed by atoms with Crippen molar-refractivity contribution < 1.29 is 14.6 Å². The zero-order valence-corrected chi connectivity index (χ0v) is 25.6. The number of pyridine rings is 1. The maximum atomic E-state index is 12.9. The van der Waals surface area contributed by atoms with Crippen molar-refractivity contribution in [3.8, 4) is 33.0 Å². The molecule has 3 heterocycles. The van der Waals surface area contributed by atoms with E-state index in [1.54, 1.807) is 31.4 Å². The van der Waals surface area contributed by atoms with Crippen LogP contribution in [0, 0.1) is 6.92 Å². The number of carbonyl (C=O) groups excluding carboxylic acids is 1. The Morgan fingerprint density at radius 1 is 1.05 bits per heavy atom. The summed E-state index contributed by atoms with van der Waals surface area (Å²) in [6, 6.07) is 13.6. The van der Waals surface area contributed by atoms with Crippen molar-refractivity contribution in [2.75, 3.05) is 6.61 Å². The third-order valence-corrected chi connectivity index (χ3v) is 8.01. The summed E-state index contributed by atoms with van der Waals surface area (Å²) >= 11 is 7.79. The third kappa shape index (κ3) is 6.50. The smallest absolute Gasteiger partial charge is 0.310 e. The van der Waals surface area contributed by atoms with E-state index in [0.717, 1.165) is 54.3 Å². The van der Waals surface area contributed by atoms with Crippen LogP contribution in [-0.2, 0) is 21.5 Å². The Labute approximate surface area is 248 Å². The topological polar surface area (TPSA) is 90.1 Å². The van der Waals surface area contributed by atoms with Crippen molar-refractivity contribution in [2.24, 2.45) is 0 Å². The molecule has 0 radical (unpaired) electrons. The number of nitrogens with zero attached hydrogens (tertiary/aromatic N) is 4. The molecule has 3 aromatic heterocycles. The lowest BCUT2D eigenvalue weighted by atomic mass is 9.93. The lowest BCUT2D eigenvalue weighted by Crippen LogP contribution is -2.28. The molecule has 1 N–H and O–H groups in total. The first kappa shape index (κ1) is 28.9. The highest BCUT2D eigenvalue weighted by molar-refractivity contribution is 7.22. The minimum absolute atomic E-state index is 0.0697. The molecule has 0 aliphatic rings. The minimum atomic E-state index is -1.10. The fourth-order valence-corrected chi connectivity index (χ4v) is 5.76. The number of ether oxygens (including phenoxy) is 1. The molecular formula is C32H33ClN4O3S. The highest BCUT2D eigenvalue weighted by Crippen LogP contribution is 2.41. The second-order valence-electron chi connectivity index (χ2n) is 11.8. The number of aryl methyl sites for hydroxylation is 1. The van der Waals surface area contributed by atoms with E-state index in [-0.39, 0.29) is 18.6 Å². The molecule has 7 nitrogen and oxygen atoms in total. The molecule has 0 spiro atoms. The number of aliphatic hydroxyl groups is 1. The van der Waals surface area contributed by atoms with Crippen molar-refractivity contribution in [1.29, 1.82) is 0 Å². The van der Waals surface area contributed by atoms with Crippen molar-refractivity contribution in [1.82, 2.24) is 19.7 Å². The number of benzene rings is 2. The molecule has 212 valence electrons. The zero-order valence-electron chi connectivity index (χ0n) is 24.0. The lowest BCUT2D eigenvalue weighted by Gasteiger charge is -2.18. The molecule has 0 saturated carbocycles. The van der Waals surface area contributed by atoms with Gasteiger partial charge in [-0.15, -0.1) is 11.3 Å². The van der Waals surface area contributed by atoms with Gasteiger partial charge in [-0.05, 0) is 88.6 Å². The van der Waals surface area contributed by atoms with Gasteiger partial charge in [0.1, 0.15) is 11.6 Å². The van der Waals surface area contributed by atoms with E-state index in [2.05, 4.69) is 30.9 Å². The Balaban J connectivity index is 1.59. The number of aromatic nitrogens is 4. The van der Waals surface area contributed by atoms with Gasteiger partial charge in [-0.2, -0.15) is 5.10 Å². The van der Waals surface area contributed by atoms with Crippen LogP contribution in [0.5, 0.6) is 0 Å². The summed E-state index contributed by atoms with van der Waals surface area (Å²) in [5.74, 6) is -0.399. The van der Waals surface area contributed by atoms with E-state index in [1.807, 2.05) is 66.5 Å². The van der Waals surface area contributed by atoms with Crippen LogP contribution in [0.15, 0.2) is 61.1 Å². The average Bonchev–Trinajstić information content (AvgIpc) is 3.56. The maximum absolute atomic E-state index is 12.9. The Hall–Kier alpha value is -3.59. The number of thiazole rings is 1. The van der Waals surface area contributed by atoms with Crippen molar-refractivity contribution in [3.63, 3.8) is 0 Å². The Morgan fingerprint density at radius 2 is 1.78 bits per heavy atom. The number of fused-ring (bicyclic) bond motifs is 1. The normalized spacial score (nSPS) is 12.2. The first-order chi connectivity index (χ1) is 19.3. The molecule has 0 aliphatic carbocycles. The van der Waals surface area contributed by atoms with E-state index in [9.17, 15) is 9.90 Å². The van der Waals surface area contributed by atoms with Gasteiger partial charge in [0.15, 0.2) is 0 Å². The molecule has 0 saturated heterocycles. The van der Waals surface area contributed by atoms with Crippen LogP contribution in [0.2, 0.25) is 5.02 Å². The summed E-state index contributed by atoms with van der Waals surface area (Å²) in [5, 5.41) is 16.0. The van der Waals surface area contributed by atoms with Gasteiger partial charge in [0.2, 0.25) is 0 Å². The van der Waals surface area contributed by atoms with Gasteiger partial charge in [-0.1, -0.05) is 23.7 Å². The van der Waals surface area contributed by atoms with Crippen LogP contribution in [0.25, 0.3) is 43.2 Å². The van der Waals surface area contributed by atoms with Gasteiger partial charge in [0.25, 0.3) is 0 Å². The van der Waals surface area contributed by atoms with Crippen molar-refractivity contribution in [2.45, 2.75) is 59.1 Å². The Bertz CT molecular complexity index is 1730. The maximum Gasteiger partial charge on any atom is 0.310 e. The SMILES string of the molecule is Cc1cc2nc(-c3ccnc(-c4cnn(C(C)(C)C)c4)c3)sc2c(-c2ccc(Cl)cc2)c1CC(=O)OCC(C)(C)O. The van der Waals surface area contributed by atoms with Gasteiger partial charge in [0.05, 0.1) is 39.7 Å². The van der Waals surface area contributed by atoms with Crippen LogP contribution in [0.3, 0.4) is 0 Å². The second kappa shape index (κ2) is 11.0. The fraction of sp³-hybridized carbons (Fsp3) is 0.312. The van der Waals surface area contributed by atoms with Crippen LogP contribution in [0.1, 0.15) is 45.7 Å².